The molecule has 0 atom stereocenters. The predicted molar refractivity (Wildman–Crippen MR) is 72.3 cm³/mol. The SMILES string of the molecule is Cc1cccc(-n2nnc(N)c2C(C)C)c1Br. The number of hydrogen-bond acceptors (Lipinski definition) is 3. The van der Waals surface area contributed by atoms with Gasteiger partial charge >= 0.3 is 0 Å². The average Bonchev–Trinajstić information content (AvgIpc) is 2.64. The van der Waals surface area contributed by atoms with Crippen LogP contribution in [0.25, 0.3) is 5.69 Å². The Hall–Kier alpha value is -1.36. The molecule has 4 nitrogen and oxygen atoms in total. The van der Waals surface area contributed by atoms with Crippen molar-refractivity contribution in [2.45, 2.75) is 26.7 Å². The molecule has 17 heavy (non-hydrogen) atoms. The van der Waals surface area contributed by atoms with Gasteiger partial charge in [-0.2, -0.15) is 0 Å². The highest BCUT2D eigenvalue weighted by Gasteiger charge is 2.17. The largest absolute Gasteiger partial charge is 0.381 e. The normalized spacial score (nSPS) is 11.1. The maximum absolute atomic E-state index is 5.86. The zero-order chi connectivity index (χ0) is 12.6. The number of nitrogens with two attached hydrogens (primary N) is 1. The Morgan fingerprint density at radius 3 is 2.71 bits per heavy atom. The first-order valence-corrected chi connectivity index (χ1v) is 6.28. The van der Waals surface area contributed by atoms with Crippen molar-refractivity contribution in [1.29, 1.82) is 0 Å². The van der Waals surface area contributed by atoms with Gasteiger partial charge in [0.05, 0.1) is 11.4 Å². The van der Waals surface area contributed by atoms with E-state index in [1.807, 2.05) is 25.1 Å². The van der Waals surface area contributed by atoms with Crippen LogP contribution in [0.2, 0.25) is 0 Å². The van der Waals surface area contributed by atoms with Gasteiger partial charge in [-0.25, -0.2) is 4.68 Å². The molecule has 90 valence electrons. The molecule has 0 aliphatic heterocycles. The molecule has 1 aromatic heterocycles. The van der Waals surface area contributed by atoms with Crippen LogP contribution in [0, 0.1) is 6.92 Å². The topological polar surface area (TPSA) is 56.7 Å². The Morgan fingerprint density at radius 2 is 2.06 bits per heavy atom. The lowest BCUT2D eigenvalue weighted by molar-refractivity contribution is 0.713. The number of halogens is 1. The highest BCUT2D eigenvalue weighted by molar-refractivity contribution is 9.10. The van der Waals surface area contributed by atoms with Crippen LogP contribution in [0.15, 0.2) is 22.7 Å². The summed E-state index contributed by atoms with van der Waals surface area (Å²) < 4.78 is 2.82. The summed E-state index contributed by atoms with van der Waals surface area (Å²) in [7, 11) is 0. The van der Waals surface area contributed by atoms with Gasteiger partial charge in [0.2, 0.25) is 0 Å². The molecule has 0 unspecified atom stereocenters. The van der Waals surface area contributed by atoms with E-state index in [0.717, 1.165) is 21.4 Å². The first-order valence-electron chi connectivity index (χ1n) is 5.49. The lowest BCUT2D eigenvalue weighted by atomic mass is 10.1. The van der Waals surface area contributed by atoms with Crippen molar-refractivity contribution in [3.63, 3.8) is 0 Å². The van der Waals surface area contributed by atoms with E-state index in [-0.39, 0.29) is 5.92 Å². The molecule has 2 N–H and O–H groups in total. The Bertz CT molecular complexity index is 545. The fraction of sp³-hybridized carbons (Fsp3) is 0.333. The summed E-state index contributed by atoms with van der Waals surface area (Å²) in [5, 5.41) is 8.08. The Balaban J connectivity index is 2.65. The third-order valence-corrected chi connectivity index (χ3v) is 3.71. The van der Waals surface area contributed by atoms with Crippen LogP contribution in [-0.4, -0.2) is 15.0 Å². The maximum Gasteiger partial charge on any atom is 0.169 e. The molecule has 0 radical (unpaired) electrons. The van der Waals surface area contributed by atoms with Crippen molar-refractivity contribution < 1.29 is 0 Å². The van der Waals surface area contributed by atoms with Crippen molar-refractivity contribution in [1.82, 2.24) is 15.0 Å². The molecule has 2 rings (SSSR count). The van der Waals surface area contributed by atoms with Crippen LogP contribution in [0.4, 0.5) is 5.82 Å². The second kappa shape index (κ2) is 4.49. The molecular weight excluding hydrogens is 280 g/mol. The summed E-state index contributed by atoms with van der Waals surface area (Å²) >= 11 is 3.58. The third kappa shape index (κ3) is 2.07. The molecule has 0 bridgehead atoms. The number of aryl methyl sites for hydroxylation is 1. The molecule has 0 spiro atoms. The van der Waals surface area contributed by atoms with Crippen LogP contribution in [0.5, 0.6) is 0 Å². The number of hydrogen-bond donors (Lipinski definition) is 1. The number of aromatic nitrogens is 3. The van der Waals surface area contributed by atoms with Gasteiger partial charge in [0.15, 0.2) is 5.82 Å². The summed E-state index contributed by atoms with van der Waals surface area (Å²) in [4.78, 5) is 0. The number of anilines is 1. The zero-order valence-corrected chi connectivity index (χ0v) is 11.7. The van der Waals surface area contributed by atoms with E-state index in [0.29, 0.717) is 5.82 Å². The number of rotatable bonds is 2. The quantitative estimate of drug-likeness (QED) is 0.926. The molecule has 2 aromatic rings. The molecule has 0 aliphatic rings. The fourth-order valence-electron chi connectivity index (χ4n) is 1.81. The standard InChI is InChI=1S/C12H15BrN4/c1-7(2)11-12(14)15-16-17(11)9-6-4-5-8(3)10(9)13/h4-7H,14H2,1-3H3. The Morgan fingerprint density at radius 1 is 1.35 bits per heavy atom. The van der Waals surface area contributed by atoms with Gasteiger partial charge in [0.1, 0.15) is 0 Å². The molecule has 0 fully saturated rings. The van der Waals surface area contributed by atoms with Gasteiger partial charge in [-0.15, -0.1) is 5.10 Å². The van der Waals surface area contributed by atoms with Crippen molar-refractivity contribution in [3.05, 3.63) is 33.9 Å². The molecular formula is C12H15BrN4. The average molecular weight is 295 g/mol. The molecule has 1 heterocycles. The van der Waals surface area contributed by atoms with Gasteiger partial charge in [-0.1, -0.05) is 31.2 Å². The molecule has 0 saturated carbocycles. The van der Waals surface area contributed by atoms with Crippen LogP contribution < -0.4 is 5.73 Å². The summed E-state index contributed by atoms with van der Waals surface area (Å²) in [6.07, 6.45) is 0. The van der Waals surface area contributed by atoms with E-state index in [2.05, 4.69) is 40.1 Å². The summed E-state index contributed by atoms with van der Waals surface area (Å²) in [5.74, 6) is 0.769. The monoisotopic (exact) mass is 294 g/mol. The summed E-state index contributed by atoms with van der Waals surface area (Å²) in [6.45, 7) is 6.20. The minimum Gasteiger partial charge on any atom is -0.381 e. The smallest absolute Gasteiger partial charge is 0.169 e. The van der Waals surface area contributed by atoms with Crippen LogP contribution in [0.3, 0.4) is 0 Å². The van der Waals surface area contributed by atoms with Crippen molar-refractivity contribution in [3.8, 4) is 5.69 Å². The van der Waals surface area contributed by atoms with Crippen LogP contribution >= 0.6 is 15.9 Å². The van der Waals surface area contributed by atoms with E-state index < -0.39 is 0 Å². The van der Waals surface area contributed by atoms with Gasteiger partial charge in [-0.05, 0) is 40.4 Å². The van der Waals surface area contributed by atoms with Crippen LogP contribution in [-0.2, 0) is 0 Å². The van der Waals surface area contributed by atoms with E-state index in [1.54, 1.807) is 4.68 Å². The molecule has 0 aliphatic carbocycles. The highest BCUT2D eigenvalue weighted by Crippen LogP contribution is 2.28. The first kappa shape index (κ1) is 12.1. The van der Waals surface area contributed by atoms with E-state index in [9.17, 15) is 0 Å². The summed E-state index contributed by atoms with van der Waals surface area (Å²) in [6, 6.07) is 6.04. The molecule has 0 amide bonds. The number of benzene rings is 1. The van der Waals surface area contributed by atoms with E-state index in [1.165, 1.54) is 0 Å². The summed E-state index contributed by atoms with van der Waals surface area (Å²) in [5.41, 5.74) is 8.93. The molecule has 5 heteroatoms. The van der Waals surface area contributed by atoms with E-state index in [4.69, 9.17) is 5.73 Å². The molecule has 0 saturated heterocycles. The van der Waals surface area contributed by atoms with E-state index >= 15 is 0 Å². The minimum atomic E-state index is 0.275. The minimum absolute atomic E-state index is 0.275. The lowest BCUT2D eigenvalue weighted by Gasteiger charge is -2.12. The fourth-order valence-corrected chi connectivity index (χ4v) is 2.25. The number of nitrogens with zero attached hydrogens (tertiary/aromatic N) is 3. The maximum atomic E-state index is 5.86. The Kier molecular flexibility index (Phi) is 3.19. The van der Waals surface area contributed by atoms with Gasteiger partial charge in [-0.3, -0.25) is 0 Å². The zero-order valence-electron chi connectivity index (χ0n) is 10.1. The Labute approximate surface area is 109 Å². The van der Waals surface area contributed by atoms with Crippen molar-refractivity contribution in [2.24, 2.45) is 0 Å². The second-order valence-electron chi connectivity index (χ2n) is 4.33. The van der Waals surface area contributed by atoms with Crippen molar-refractivity contribution >= 4 is 21.7 Å². The van der Waals surface area contributed by atoms with Crippen LogP contribution in [0.1, 0.15) is 31.0 Å². The number of nitrogen functional groups attached to an aromatic ring is 1. The van der Waals surface area contributed by atoms with Crippen molar-refractivity contribution in [2.75, 3.05) is 5.73 Å². The lowest BCUT2D eigenvalue weighted by Crippen LogP contribution is -2.06. The third-order valence-electron chi connectivity index (χ3n) is 2.68. The van der Waals surface area contributed by atoms with Gasteiger partial charge in [0, 0.05) is 4.47 Å². The highest BCUT2D eigenvalue weighted by atomic mass is 79.9. The predicted octanol–water partition coefficient (Wildman–Crippen LogP) is 3.04. The second-order valence-corrected chi connectivity index (χ2v) is 5.13. The van der Waals surface area contributed by atoms with Gasteiger partial charge < -0.3 is 5.73 Å². The first-order chi connectivity index (χ1) is 8.02. The van der Waals surface area contributed by atoms with Gasteiger partial charge in [0.25, 0.3) is 0 Å². The molecule has 1 aromatic carbocycles.